The Kier molecular flexibility index (Phi) is 4.21. The molecule has 144 valence electrons. The molecule has 0 aromatic heterocycles. The number of carbonyl (C=O) groups is 1. The van der Waals surface area contributed by atoms with Crippen molar-refractivity contribution in [2.24, 2.45) is 23.2 Å². The third-order valence-corrected chi connectivity index (χ3v) is 6.95. The zero-order chi connectivity index (χ0) is 18.8. The SMILES string of the molecule is CC(CS(=O)(=O)O)(OC(=O)C12CC3CC(C1)C(O)C(C3)C2)C(F)(F)F. The van der Waals surface area contributed by atoms with E-state index < -0.39 is 45.1 Å². The zero-order valence-electron chi connectivity index (χ0n) is 13.6. The van der Waals surface area contributed by atoms with Crippen LogP contribution in [0.2, 0.25) is 0 Å². The molecule has 4 aliphatic rings. The van der Waals surface area contributed by atoms with Crippen molar-refractivity contribution in [1.82, 2.24) is 0 Å². The Morgan fingerprint density at radius 3 is 2.16 bits per heavy atom. The van der Waals surface area contributed by atoms with Gasteiger partial charge in [0.15, 0.2) is 0 Å². The predicted octanol–water partition coefficient (Wildman–Crippen LogP) is 1.93. The van der Waals surface area contributed by atoms with Gasteiger partial charge >= 0.3 is 12.1 Å². The molecule has 4 saturated carbocycles. The number of alkyl halides is 3. The number of aliphatic hydroxyl groups is 1. The van der Waals surface area contributed by atoms with Crippen LogP contribution in [0.5, 0.6) is 0 Å². The molecule has 0 amide bonds. The fourth-order valence-electron chi connectivity index (χ4n) is 5.08. The van der Waals surface area contributed by atoms with E-state index in [0.717, 1.165) is 12.8 Å². The normalized spacial score (nSPS) is 39.9. The number of hydrogen-bond acceptors (Lipinski definition) is 5. The highest BCUT2D eigenvalue weighted by Crippen LogP contribution is 2.60. The Balaban J connectivity index is 1.85. The minimum atomic E-state index is -5.15. The molecule has 4 rings (SSSR count). The van der Waals surface area contributed by atoms with Crippen molar-refractivity contribution in [2.45, 2.75) is 56.9 Å². The Hall–Kier alpha value is -0.870. The predicted molar refractivity (Wildman–Crippen MR) is 79.0 cm³/mol. The van der Waals surface area contributed by atoms with Crippen LogP contribution >= 0.6 is 0 Å². The topological polar surface area (TPSA) is 101 Å². The van der Waals surface area contributed by atoms with Gasteiger partial charge in [0, 0.05) is 0 Å². The van der Waals surface area contributed by atoms with Gasteiger partial charge in [0.2, 0.25) is 5.60 Å². The molecule has 0 aromatic carbocycles. The van der Waals surface area contributed by atoms with Gasteiger partial charge in [-0.1, -0.05) is 0 Å². The van der Waals surface area contributed by atoms with Gasteiger partial charge in [-0.2, -0.15) is 21.6 Å². The first-order chi connectivity index (χ1) is 11.2. The molecular weight excluding hydrogens is 365 g/mol. The number of esters is 1. The maximum absolute atomic E-state index is 13.3. The summed E-state index contributed by atoms with van der Waals surface area (Å²) in [5.41, 5.74) is -4.43. The number of carbonyl (C=O) groups excluding carboxylic acids is 1. The van der Waals surface area contributed by atoms with Crippen molar-refractivity contribution in [1.29, 1.82) is 0 Å². The third kappa shape index (κ3) is 3.28. The van der Waals surface area contributed by atoms with E-state index in [9.17, 15) is 31.5 Å². The highest BCUT2D eigenvalue weighted by molar-refractivity contribution is 7.85. The van der Waals surface area contributed by atoms with E-state index in [4.69, 9.17) is 9.29 Å². The number of aliphatic hydroxyl groups excluding tert-OH is 1. The molecule has 0 aliphatic heterocycles. The van der Waals surface area contributed by atoms with Crippen molar-refractivity contribution in [3.63, 3.8) is 0 Å². The number of ether oxygens (including phenoxy) is 1. The quantitative estimate of drug-likeness (QED) is 0.566. The van der Waals surface area contributed by atoms with Crippen LogP contribution in [0.1, 0.15) is 39.0 Å². The molecule has 3 unspecified atom stereocenters. The lowest BCUT2D eigenvalue weighted by Crippen LogP contribution is -2.59. The molecule has 3 atom stereocenters. The van der Waals surface area contributed by atoms with Crippen LogP contribution in [0.15, 0.2) is 0 Å². The summed E-state index contributed by atoms with van der Waals surface area (Å²) in [4.78, 5) is 12.7. The van der Waals surface area contributed by atoms with Gasteiger partial charge in [-0.15, -0.1) is 0 Å². The van der Waals surface area contributed by atoms with Crippen LogP contribution in [-0.4, -0.2) is 47.7 Å². The standard InChI is InChI=1S/C15H21F3O6S/c1-13(15(16,17)18,7-25(21,22)23)24-12(20)14-4-8-2-9(5-14)11(19)10(3-8)6-14/h8-11,19H,2-7H2,1H3,(H,21,22,23). The molecule has 0 heterocycles. The maximum Gasteiger partial charge on any atom is 0.429 e. The third-order valence-electron chi connectivity index (χ3n) is 6.03. The van der Waals surface area contributed by atoms with Gasteiger partial charge in [0.05, 0.1) is 11.5 Å². The summed E-state index contributed by atoms with van der Waals surface area (Å²) in [5.74, 6) is -2.95. The second kappa shape index (κ2) is 5.56. The molecule has 4 bridgehead atoms. The summed E-state index contributed by atoms with van der Waals surface area (Å²) >= 11 is 0. The van der Waals surface area contributed by atoms with Gasteiger partial charge in [0.25, 0.3) is 10.1 Å². The lowest BCUT2D eigenvalue weighted by atomic mass is 9.48. The first-order valence-corrected chi connectivity index (χ1v) is 9.79. The summed E-state index contributed by atoms with van der Waals surface area (Å²) in [6.07, 6.45) is -3.32. The van der Waals surface area contributed by atoms with Crippen LogP contribution in [0.3, 0.4) is 0 Å². The van der Waals surface area contributed by atoms with E-state index in [2.05, 4.69) is 0 Å². The molecule has 0 spiro atoms. The Morgan fingerprint density at radius 1 is 1.20 bits per heavy atom. The first kappa shape index (κ1) is 18.9. The summed E-state index contributed by atoms with van der Waals surface area (Å²) < 4.78 is 75.6. The lowest BCUT2D eigenvalue weighted by Gasteiger charge is -2.57. The maximum atomic E-state index is 13.3. The Labute approximate surface area is 143 Å². The smallest absolute Gasteiger partial charge is 0.429 e. The van der Waals surface area contributed by atoms with Crippen molar-refractivity contribution in [3.8, 4) is 0 Å². The molecule has 0 saturated heterocycles. The summed E-state index contributed by atoms with van der Waals surface area (Å²) in [7, 11) is -5.01. The number of hydrogen-bond donors (Lipinski definition) is 2. The molecule has 4 fully saturated rings. The second-order valence-corrected chi connectivity index (χ2v) is 9.54. The highest BCUT2D eigenvalue weighted by Gasteiger charge is 2.63. The van der Waals surface area contributed by atoms with Crippen LogP contribution in [0.4, 0.5) is 13.2 Å². The van der Waals surface area contributed by atoms with Crippen LogP contribution in [0, 0.1) is 23.2 Å². The van der Waals surface area contributed by atoms with Gasteiger partial charge in [-0.3, -0.25) is 9.35 Å². The Bertz CT molecular complexity index is 659. The second-order valence-electron chi connectivity index (χ2n) is 8.09. The molecule has 25 heavy (non-hydrogen) atoms. The molecule has 0 radical (unpaired) electrons. The number of halogens is 3. The molecule has 2 N–H and O–H groups in total. The average molecular weight is 386 g/mol. The fourth-order valence-corrected chi connectivity index (χ4v) is 6.00. The van der Waals surface area contributed by atoms with Gasteiger partial charge in [0.1, 0.15) is 5.75 Å². The summed E-state index contributed by atoms with van der Waals surface area (Å²) in [5, 5.41) is 10.2. The van der Waals surface area contributed by atoms with Gasteiger partial charge in [-0.25, -0.2) is 0 Å². The van der Waals surface area contributed by atoms with Crippen molar-refractivity contribution >= 4 is 16.1 Å². The minimum Gasteiger partial charge on any atom is -0.448 e. The zero-order valence-corrected chi connectivity index (χ0v) is 14.4. The van der Waals surface area contributed by atoms with E-state index in [1.807, 2.05) is 0 Å². The largest absolute Gasteiger partial charge is 0.448 e. The monoisotopic (exact) mass is 386 g/mol. The number of rotatable bonds is 4. The fraction of sp³-hybridized carbons (Fsp3) is 0.933. The molecular formula is C15H21F3O6S. The van der Waals surface area contributed by atoms with Crippen molar-refractivity contribution in [2.75, 3.05) is 5.75 Å². The van der Waals surface area contributed by atoms with Crippen LogP contribution < -0.4 is 0 Å². The minimum absolute atomic E-state index is 0.141. The van der Waals surface area contributed by atoms with Crippen molar-refractivity contribution in [3.05, 3.63) is 0 Å². The lowest BCUT2D eigenvalue weighted by molar-refractivity contribution is -0.265. The van der Waals surface area contributed by atoms with Crippen LogP contribution in [0.25, 0.3) is 0 Å². The summed E-state index contributed by atoms with van der Waals surface area (Å²) in [6.45, 7) is 0.452. The molecule has 6 nitrogen and oxygen atoms in total. The molecule has 0 aromatic rings. The van der Waals surface area contributed by atoms with Gasteiger partial charge < -0.3 is 9.84 Å². The summed E-state index contributed by atoms with van der Waals surface area (Å²) in [6, 6.07) is 0. The Morgan fingerprint density at radius 2 is 1.72 bits per heavy atom. The van der Waals surface area contributed by atoms with E-state index >= 15 is 0 Å². The van der Waals surface area contributed by atoms with Crippen LogP contribution in [-0.2, 0) is 19.6 Å². The van der Waals surface area contributed by atoms with E-state index in [1.165, 1.54) is 0 Å². The first-order valence-electron chi connectivity index (χ1n) is 8.18. The molecule has 4 aliphatic carbocycles. The van der Waals surface area contributed by atoms with Crippen molar-refractivity contribution < 1.29 is 40.8 Å². The highest BCUT2D eigenvalue weighted by atomic mass is 32.2. The average Bonchev–Trinajstić information content (AvgIpc) is 2.40. The molecule has 10 heteroatoms. The van der Waals surface area contributed by atoms with Gasteiger partial charge in [-0.05, 0) is 56.8 Å². The van der Waals surface area contributed by atoms with E-state index in [1.54, 1.807) is 0 Å². The van der Waals surface area contributed by atoms with E-state index in [-0.39, 0.29) is 30.6 Å². The van der Waals surface area contributed by atoms with E-state index in [0.29, 0.717) is 13.3 Å².